The number of phenolic OH excluding ortho intramolecular Hbond substituents is 1. The van der Waals surface area contributed by atoms with E-state index in [0.29, 0.717) is 12.8 Å². The molecule has 2 rings (SSSR count). The third-order valence-electron chi connectivity index (χ3n) is 4.47. The van der Waals surface area contributed by atoms with Gasteiger partial charge in [0.1, 0.15) is 10.7 Å². The van der Waals surface area contributed by atoms with E-state index in [9.17, 15) is 22.7 Å². The topological polar surface area (TPSA) is 116 Å². The number of benzene rings is 1. The number of hydrogen-bond acceptors (Lipinski definition) is 5. The number of carbonyl (C=O) groups is 1. The van der Waals surface area contributed by atoms with Gasteiger partial charge in [0, 0.05) is 6.61 Å². The van der Waals surface area contributed by atoms with Crippen molar-refractivity contribution in [1.29, 1.82) is 0 Å². The van der Waals surface area contributed by atoms with Gasteiger partial charge in [-0.3, -0.25) is 0 Å². The highest BCUT2D eigenvalue weighted by Crippen LogP contribution is 2.42. The molecular weight excluding hydrogens is 399 g/mol. The van der Waals surface area contributed by atoms with Crippen LogP contribution in [0.2, 0.25) is 5.02 Å². The van der Waals surface area contributed by atoms with Crippen molar-refractivity contribution in [3.63, 3.8) is 0 Å². The SMILES string of the molecule is CC(C)(CCO)S(=O)(=O)c1c(Cl)ccc(NC(=O)NC2CCC=C2F)c1O. The van der Waals surface area contributed by atoms with Crippen molar-refractivity contribution < 1.29 is 27.8 Å². The van der Waals surface area contributed by atoms with Crippen molar-refractivity contribution >= 4 is 33.2 Å². The Morgan fingerprint density at radius 2 is 2.07 bits per heavy atom. The number of aliphatic hydroxyl groups excluding tert-OH is 1. The minimum Gasteiger partial charge on any atom is -0.504 e. The molecule has 0 fully saturated rings. The van der Waals surface area contributed by atoms with E-state index in [1.54, 1.807) is 0 Å². The lowest BCUT2D eigenvalue weighted by atomic mass is 10.1. The highest BCUT2D eigenvalue weighted by Gasteiger charge is 2.39. The molecule has 1 aliphatic rings. The van der Waals surface area contributed by atoms with Gasteiger partial charge in [0.05, 0.1) is 21.5 Å². The average Bonchev–Trinajstić information content (AvgIpc) is 2.95. The number of amides is 2. The summed E-state index contributed by atoms with van der Waals surface area (Å²) in [5.41, 5.74) is -0.183. The van der Waals surface area contributed by atoms with E-state index >= 15 is 0 Å². The largest absolute Gasteiger partial charge is 0.504 e. The third kappa shape index (κ3) is 4.36. The van der Waals surface area contributed by atoms with Crippen molar-refractivity contribution in [2.24, 2.45) is 0 Å². The summed E-state index contributed by atoms with van der Waals surface area (Å²) in [5.74, 6) is -1.16. The first-order chi connectivity index (χ1) is 12.5. The van der Waals surface area contributed by atoms with Crippen LogP contribution in [-0.4, -0.2) is 42.1 Å². The van der Waals surface area contributed by atoms with E-state index in [1.807, 2.05) is 0 Å². The molecule has 0 heterocycles. The Labute approximate surface area is 162 Å². The highest BCUT2D eigenvalue weighted by atomic mass is 35.5. The van der Waals surface area contributed by atoms with Gasteiger partial charge in [-0.25, -0.2) is 17.6 Å². The molecule has 2 amide bonds. The van der Waals surface area contributed by atoms with Crippen LogP contribution in [0, 0.1) is 0 Å². The molecule has 7 nitrogen and oxygen atoms in total. The highest BCUT2D eigenvalue weighted by molar-refractivity contribution is 7.93. The van der Waals surface area contributed by atoms with E-state index in [0.717, 1.165) is 0 Å². The summed E-state index contributed by atoms with van der Waals surface area (Å²) in [5, 5.41) is 24.1. The second kappa shape index (κ2) is 8.04. The number of nitrogens with one attached hydrogen (secondary N) is 2. The number of carbonyl (C=O) groups excluding carboxylic acids is 1. The minimum absolute atomic E-state index is 0.0729. The van der Waals surface area contributed by atoms with E-state index in [4.69, 9.17) is 16.7 Å². The van der Waals surface area contributed by atoms with Crippen LogP contribution in [0.1, 0.15) is 33.1 Å². The lowest BCUT2D eigenvalue weighted by molar-refractivity contribution is 0.248. The molecule has 0 radical (unpaired) electrons. The molecular formula is C17H22ClFN2O5S. The van der Waals surface area contributed by atoms with Gasteiger partial charge < -0.3 is 20.8 Å². The fourth-order valence-electron chi connectivity index (χ4n) is 2.71. The summed E-state index contributed by atoms with van der Waals surface area (Å²) in [6, 6.07) is 0.928. The molecule has 0 saturated heterocycles. The molecule has 0 bridgehead atoms. The average molecular weight is 421 g/mol. The maximum atomic E-state index is 13.5. The number of phenols is 1. The molecule has 150 valence electrons. The number of rotatable bonds is 6. The molecule has 1 aromatic rings. The Hall–Kier alpha value is -1.84. The summed E-state index contributed by atoms with van der Waals surface area (Å²) in [4.78, 5) is 11.5. The Morgan fingerprint density at radius 1 is 1.41 bits per heavy atom. The first kappa shape index (κ1) is 21.5. The van der Waals surface area contributed by atoms with Crippen LogP contribution in [0.15, 0.2) is 28.9 Å². The van der Waals surface area contributed by atoms with Crippen LogP contribution in [0.25, 0.3) is 0 Å². The number of halogens is 2. The number of hydrogen-bond donors (Lipinski definition) is 4. The number of urea groups is 1. The zero-order valence-electron chi connectivity index (χ0n) is 14.9. The lowest BCUT2D eigenvalue weighted by Gasteiger charge is -2.25. The second-order valence-corrected chi connectivity index (χ2v) is 9.75. The predicted molar refractivity (Wildman–Crippen MR) is 100 cm³/mol. The van der Waals surface area contributed by atoms with Crippen LogP contribution >= 0.6 is 11.6 Å². The van der Waals surface area contributed by atoms with Gasteiger partial charge in [-0.15, -0.1) is 0 Å². The summed E-state index contributed by atoms with van der Waals surface area (Å²) in [7, 11) is -4.13. The number of aromatic hydroxyl groups is 1. The normalized spacial score (nSPS) is 17.5. The van der Waals surface area contributed by atoms with Gasteiger partial charge in [0.2, 0.25) is 0 Å². The molecule has 27 heavy (non-hydrogen) atoms. The molecule has 4 N–H and O–H groups in total. The molecule has 1 aromatic carbocycles. The van der Waals surface area contributed by atoms with Gasteiger partial charge in [0.25, 0.3) is 0 Å². The summed E-state index contributed by atoms with van der Waals surface area (Å²) in [6.07, 6.45) is 2.22. The fourth-order valence-corrected chi connectivity index (χ4v) is 4.77. The third-order valence-corrected chi connectivity index (χ3v) is 7.51. The number of sulfone groups is 1. The molecule has 0 aromatic heterocycles. The van der Waals surface area contributed by atoms with Crippen molar-refractivity contribution in [2.75, 3.05) is 11.9 Å². The quantitative estimate of drug-likeness (QED) is 0.528. The molecule has 10 heteroatoms. The van der Waals surface area contributed by atoms with Crippen LogP contribution in [0.4, 0.5) is 14.9 Å². The Bertz CT molecular complexity index is 870. The molecule has 1 atom stereocenters. The van der Waals surface area contributed by atoms with Gasteiger partial charge >= 0.3 is 6.03 Å². The molecule has 0 saturated carbocycles. The summed E-state index contributed by atoms with van der Waals surface area (Å²) < 4.78 is 37.9. The van der Waals surface area contributed by atoms with Crippen molar-refractivity contribution in [1.82, 2.24) is 5.32 Å². The monoisotopic (exact) mass is 420 g/mol. The minimum atomic E-state index is -4.13. The second-order valence-electron chi connectivity index (χ2n) is 6.83. The number of allylic oxidation sites excluding steroid dienone is 1. The van der Waals surface area contributed by atoms with Crippen LogP contribution in [0.3, 0.4) is 0 Å². The zero-order valence-corrected chi connectivity index (χ0v) is 16.5. The van der Waals surface area contributed by atoms with Crippen molar-refractivity contribution in [3.05, 3.63) is 29.1 Å². The fraction of sp³-hybridized carbons (Fsp3) is 0.471. The van der Waals surface area contributed by atoms with Gasteiger partial charge in [0.15, 0.2) is 15.6 Å². The smallest absolute Gasteiger partial charge is 0.319 e. The van der Waals surface area contributed by atoms with Crippen molar-refractivity contribution in [2.45, 2.75) is 48.8 Å². The first-order valence-electron chi connectivity index (χ1n) is 8.31. The van der Waals surface area contributed by atoms with Gasteiger partial charge in [-0.1, -0.05) is 17.7 Å². The Balaban J connectivity index is 2.32. The molecule has 0 aliphatic heterocycles. The first-order valence-corrected chi connectivity index (χ1v) is 10.2. The van der Waals surface area contributed by atoms with Gasteiger partial charge in [-0.05, 0) is 45.2 Å². The predicted octanol–water partition coefficient (Wildman–Crippen LogP) is 3.12. The summed E-state index contributed by atoms with van der Waals surface area (Å²) in [6.45, 7) is 2.43. The van der Waals surface area contributed by atoms with Crippen LogP contribution in [-0.2, 0) is 9.84 Å². The van der Waals surface area contributed by atoms with E-state index < -0.39 is 43.1 Å². The Kier molecular flexibility index (Phi) is 6.39. The zero-order chi connectivity index (χ0) is 20.4. The molecule has 1 aliphatic carbocycles. The van der Waals surface area contributed by atoms with Crippen LogP contribution in [0.5, 0.6) is 5.75 Å². The number of anilines is 1. The standard InChI is InChI=1S/C17H22ClFN2O5S/c1-17(2,8-9-22)27(25,26)15-10(18)6-7-13(14(15)23)21-16(24)20-12-5-3-4-11(12)19/h4,6-7,12,22-23H,3,5,8-9H2,1-2H3,(H2,20,21,24). The Morgan fingerprint density at radius 3 is 2.63 bits per heavy atom. The van der Waals surface area contributed by atoms with Gasteiger partial charge in [-0.2, -0.15) is 0 Å². The lowest BCUT2D eigenvalue weighted by Crippen LogP contribution is -2.37. The van der Waals surface area contributed by atoms with E-state index in [-0.39, 0.29) is 23.7 Å². The summed E-state index contributed by atoms with van der Waals surface area (Å²) >= 11 is 6.00. The number of aliphatic hydroxyl groups is 1. The van der Waals surface area contributed by atoms with E-state index in [2.05, 4.69) is 10.6 Å². The maximum absolute atomic E-state index is 13.5. The molecule has 1 unspecified atom stereocenters. The maximum Gasteiger partial charge on any atom is 0.319 e. The van der Waals surface area contributed by atoms with Crippen molar-refractivity contribution in [3.8, 4) is 5.75 Å². The van der Waals surface area contributed by atoms with Crippen LogP contribution < -0.4 is 10.6 Å². The van der Waals surface area contributed by atoms with E-state index in [1.165, 1.54) is 32.1 Å². The molecule has 0 spiro atoms.